The number of nitrogens with zero attached hydrogens (tertiary/aromatic N) is 4. The smallest absolute Gasteiger partial charge is 0.410 e. The number of methoxy groups -OCH3 is 1. The molecular formula is C23H26N4O5. The van der Waals surface area contributed by atoms with Crippen LogP contribution in [-0.4, -0.2) is 61.8 Å². The van der Waals surface area contributed by atoms with Gasteiger partial charge in [0.05, 0.1) is 25.0 Å². The monoisotopic (exact) mass is 438 g/mol. The summed E-state index contributed by atoms with van der Waals surface area (Å²) in [7, 11) is 1.57. The fourth-order valence-corrected chi connectivity index (χ4v) is 3.46. The van der Waals surface area contributed by atoms with Crippen LogP contribution in [-0.2, 0) is 16.1 Å². The van der Waals surface area contributed by atoms with E-state index >= 15 is 0 Å². The second-order valence-electron chi connectivity index (χ2n) is 7.17. The van der Waals surface area contributed by atoms with Gasteiger partial charge in [-0.1, -0.05) is 18.2 Å². The van der Waals surface area contributed by atoms with E-state index in [1.54, 1.807) is 25.9 Å². The molecule has 9 nitrogen and oxygen atoms in total. The topological polar surface area (TPSA) is 105 Å². The van der Waals surface area contributed by atoms with Gasteiger partial charge >= 0.3 is 12.1 Å². The summed E-state index contributed by atoms with van der Waals surface area (Å²) in [5.41, 5.74) is 1.91. The molecule has 9 heteroatoms. The largest absolute Gasteiger partial charge is 0.496 e. The minimum absolute atomic E-state index is 0.117. The van der Waals surface area contributed by atoms with Gasteiger partial charge in [0.1, 0.15) is 29.8 Å². The van der Waals surface area contributed by atoms with Crippen LogP contribution >= 0.6 is 0 Å². The average molecular weight is 438 g/mol. The summed E-state index contributed by atoms with van der Waals surface area (Å²) in [6.45, 7) is 5.54. The van der Waals surface area contributed by atoms with Crippen molar-refractivity contribution in [3.63, 3.8) is 0 Å². The number of pyridine rings is 1. The third-order valence-corrected chi connectivity index (χ3v) is 5.19. The standard InChI is InChI=1S/C23H26N4O5/c1-4-31-22(28)19-13-18(14-24)16(2)25-21(19)26-9-11-27(12-10-26)23(29)32-15-17-7-5-6-8-20(17)30-3/h5-8,13H,4,9-12,15H2,1-3H3. The maximum absolute atomic E-state index is 12.5. The third-order valence-electron chi connectivity index (χ3n) is 5.19. The van der Waals surface area contributed by atoms with Gasteiger partial charge in [-0.3, -0.25) is 0 Å². The van der Waals surface area contributed by atoms with Gasteiger partial charge in [0.2, 0.25) is 0 Å². The van der Waals surface area contributed by atoms with Crippen molar-refractivity contribution in [3.8, 4) is 11.8 Å². The third kappa shape index (κ3) is 5.09. The number of rotatable bonds is 6. The molecule has 0 saturated carbocycles. The van der Waals surface area contributed by atoms with E-state index in [0.29, 0.717) is 49.0 Å². The molecular weight excluding hydrogens is 412 g/mol. The van der Waals surface area contributed by atoms with Crippen LogP contribution in [0.3, 0.4) is 0 Å². The lowest BCUT2D eigenvalue weighted by Gasteiger charge is -2.35. The number of hydrogen-bond acceptors (Lipinski definition) is 8. The van der Waals surface area contributed by atoms with Crippen LogP contribution in [0.15, 0.2) is 30.3 Å². The van der Waals surface area contributed by atoms with E-state index in [0.717, 1.165) is 5.56 Å². The van der Waals surface area contributed by atoms with Gasteiger partial charge in [0.15, 0.2) is 0 Å². The van der Waals surface area contributed by atoms with E-state index in [9.17, 15) is 14.9 Å². The molecule has 1 aromatic heterocycles. The highest BCUT2D eigenvalue weighted by Crippen LogP contribution is 2.24. The Hall–Kier alpha value is -3.80. The van der Waals surface area contributed by atoms with Gasteiger partial charge in [-0.05, 0) is 26.0 Å². The lowest BCUT2D eigenvalue weighted by Crippen LogP contribution is -2.49. The number of hydrogen-bond donors (Lipinski definition) is 0. The van der Waals surface area contributed by atoms with Crippen molar-refractivity contribution in [1.82, 2.24) is 9.88 Å². The highest BCUT2D eigenvalue weighted by molar-refractivity contribution is 5.95. The quantitative estimate of drug-likeness (QED) is 0.634. The van der Waals surface area contributed by atoms with E-state index < -0.39 is 12.1 Å². The van der Waals surface area contributed by atoms with Crippen molar-refractivity contribution in [1.29, 1.82) is 5.26 Å². The average Bonchev–Trinajstić information content (AvgIpc) is 2.82. The summed E-state index contributed by atoms with van der Waals surface area (Å²) in [4.78, 5) is 33.0. The van der Waals surface area contributed by atoms with Crippen LogP contribution in [0.1, 0.15) is 34.1 Å². The van der Waals surface area contributed by atoms with Crippen molar-refractivity contribution in [2.24, 2.45) is 0 Å². The molecule has 1 aliphatic rings. The number of aromatic nitrogens is 1. The minimum Gasteiger partial charge on any atom is -0.496 e. The molecule has 32 heavy (non-hydrogen) atoms. The molecule has 2 aromatic rings. The fourth-order valence-electron chi connectivity index (χ4n) is 3.46. The number of amides is 1. The zero-order valence-electron chi connectivity index (χ0n) is 18.5. The second-order valence-corrected chi connectivity index (χ2v) is 7.17. The van der Waals surface area contributed by atoms with E-state index in [4.69, 9.17) is 14.2 Å². The number of aryl methyl sites for hydroxylation is 1. The second kappa shape index (κ2) is 10.5. The van der Waals surface area contributed by atoms with Crippen molar-refractivity contribution in [2.75, 3.05) is 44.8 Å². The van der Waals surface area contributed by atoms with Gasteiger partial charge in [0, 0.05) is 31.7 Å². The summed E-state index contributed by atoms with van der Waals surface area (Å²) in [6, 6.07) is 10.9. The highest BCUT2D eigenvalue weighted by Gasteiger charge is 2.27. The van der Waals surface area contributed by atoms with E-state index in [-0.39, 0.29) is 18.8 Å². The van der Waals surface area contributed by atoms with Crippen LogP contribution < -0.4 is 9.64 Å². The van der Waals surface area contributed by atoms with Crippen molar-refractivity contribution in [2.45, 2.75) is 20.5 Å². The van der Waals surface area contributed by atoms with Crippen LogP contribution in [0.5, 0.6) is 5.75 Å². The SMILES string of the molecule is CCOC(=O)c1cc(C#N)c(C)nc1N1CCN(C(=O)OCc2ccccc2OC)CC1. The predicted octanol–water partition coefficient (Wildman–Crippen LogP) is 2.91. The molecule has 168 valence electrons. The van der Waals surface area contributed by atoms with Crippen LogP contribution in [0, 0.1) is 18.3 Å². The number of ether oxygens (including phenoxy) is 3. The van der Waals surface area contributed by atoms with Crippen LogP contribution in [0.4, 0.5) is 10.6 Å². The van der Waals surface area contributed by atoms with Gasteiger partial charge in [-0.2, -0.15) is 5.26 Å². The number of esters is 1. The summed E-state index contributed by atoms with van der Waals surface area (Å²) in [6.07, 6.45) is -0.412. The molecule has 1 aliphatic heterocycles. The number of carbonyl (C=O) groups is 2. The molecule has 0 radical (unpaired) electrons. The Morgan fingerprint density at radius 1 is 1.16 bits per heavy atom. The fraction of sp³-hybridized carbons (Fsp3) is 0.391. The molecule has 3 rings (SSSR count). The van der Waals surface area contributed by atoms with Gasteiger partial charge in [0.25, 0.3) is 0 Å². The Morgan fingerprint density at radius 3 is 2.53 bits per heavy atom. The molecule has 0 spiro atoms. The summed E-state index contributed by atoms with van der Waals surface area (Å²) >= 11 is 0. The molecule has 0 bridgehead atoms. The number of anilines is 1. The first kappa shape index (κ1) is 22.9. The Morgan fingerprint density at radius 2 is 1.88 bits per heavy atom. The number of para-hydroxylation sites is 1. The first-order valence-corrected chi connectivity index (χ1v) is 10.4. The van der Waals surface area contributed by atoms with E-state index in [1.165, 1.54) is 6.07 Å². The number of carbonyl (C=O) groups excluding carboxylic acids is 2. The minimum atomic E-state index is -0.523. The normalized spacial score (nSPS) is 13.3. The van der Waals surface area contributed by atoms with Crippen LogP contribution in [0.2, 0.25) is 0 Å². The Labute approximate surface area is 187 Å². The van der Waals surface area contributed by atoms with E-state index in [2.05, 4.69) is 11.1 Å². The zero-order valence-corrected chi connectivity index (χ0v) is 18.5. The molecule has 1 aromatic carbocycles. The lowest BCUT2D eigenvalue weighted by atomic mass is 10.1. The molecule has 1 amide bonds. The number of nitriles is 1. The van der Waals surface area contributed by atoms with Gasteiger partial charge in [-0.15, -0.1) is 0 Å². The molecule has 1 saturated heterocycles. The Balaban J connectivity index is 1.66. The zero-order chi connectivity index (χ0) is 23.1. The maximum Gasteiger partial charge on any atom is 0.410 e. The van der Waals surface area contributed by atoms with Gasteiger partial charge in [-0.25, -0.2) is 14.6 Å². The molecule has 1 fully saturated rings. The predicted molar refractivity (Wildman–Crippen MR) is 117 cm³/mol. The number of benzene rings is 1. The lowest BCUT2D eigenvalue weighted by molar-refractivity contribution is 0.0525. The van der Waals surface area contributed by atoms with E-state index in [1.807, 2.05) is 29.2 Å². The summed E-state index contributed by atoms with van der Waals surface area (Å²) in [5.74, 6) is 0.603. The first-order chi connectivity index (χ1) is 15.5. The first-order valence-electron chi connectivity index (χ1n) is 10.4. The van der Waals surface area contributed by atoms with Crippen molar-refractivity contribution < 1.29 is 23.8 Å². The molecule has 0 atom stereocenters. The molecule has 0 aliphatic carbocycles. The van der Waals surface area contributed by atoms with Crippen molar-refractivity contribution >= 4 is 17.9 Å². The Kier molecular flexibility index (Phi) is 7.49. The highest BCUT2D eigenvalue weighted by atomic mass is 16.6. The number of piperazine rings is 1. The van der Waals surface area contributed by atoms with Gasteiger partial charge < -0.3 is 24.0 Å². The maximum atomic E-state index is 12.5. The molecule has 0 unspecified atom stereocenters. The Bertz CT molecular complexity index is 1030. The summed E-state index contributed by atoms with van der Waals surface area (Å²) in [5, 5.41) is 9.30. The summed E-state index contributed by atoms with van der Waals surface area (Å²) < 4.78 is 15.9. The molecule has 0 N–H and O–H groups in total. The van der Waals surface area contributed by atoms with Crippen LogP contribution in [0.25, 0.3) is 0 Å². The van der Waals surface area contributed by atoms with Crippen molar-refractivity contribution in [3.05, 3.63) is 52.7 Å². The molecule has 2 heterocycles.